The maximum atomic E-state index is 12.9. The van der Waals surface area contributed by atoms with Gasteiger partial charge in [0.25, 0.3) is 11.8 Å². The highest BCUT2D eigenvalue weighted by Crippen LogP contribution is 2.31. The molecule has 1 aliphatic rings. The summed E-state index contributed by atoms with van der Waals surface area (Å²) in [6.07, 6.45) is 0.510. The lowest BCUT2D eigenvalue weighted by molar-refractivity contribution is 0.0656. The number of ether oxygens (including phenoxy) is 3. The van der Waals surface area contributed by atoms with E-state index in [0.717, 1.165) is 5.56 Å². The molecule has 0 spiro atoms. The summed E-state index contributed by atoms with van der Waals surface area (Å²) in [5.74, 6) is 1.76. The first-order chi connectivity index (χ1) is 14.6. The van der Waals surface area contributed by atoms with Crippen LogP contribution in [0.25, 0.3) is 0 Å². The molecule has 1 radical (unpaired) electrons. The van der Waals surface area contributed by atoms with Crippen LogP contribution >= 0.6 is 0 Å². The van der Waals surface area contributed by atoms with Crippen molar-refractivity contribution in [1.29, 1.82) is 0 Å². The van der Waals surface area contributed by atoms with Crippen molar-refractivity contribution in [2.24, 2.45) is 0 Å². The number of carbonyl (C=O) groups is 2. The molecule has 2 amide bonds. The monoisotopic (exact) mass is 402 g/mol. The van der Waals surface area contributed by atoms with Gasteiger partial charge in [-0.3, -0.25) is 14.5 Å². The van der Waals surface area contributed by atoms with Gasteiger partial charge in [0.05, 0.1) is 25.3 Å². The lowest BCUT2D eigenvalue weighted by Crippen LogP contribution is -2.31. The second-order valence-electron chi connectivity index (χ2n) is 6.75. The van der Waals surface area contributed by atoms with E-state index in [0.29, 0.717) is 40.5 Å². The summed E-state index contributed by atoms with van der Waals surface area (Å²) in [5, 5.41) is 0. The van der Waals surface area contributed by atoms with E-state index < -0.39 is 0 Å². The van der Waals surface area contributed by atoms with Gasteiger partial charge in [-0.1, -0.05) is 18.2 Å². The molecule has 0 aliphatic carbocycles. The van der Waals surface area contributed by atoms with E-state index in [1.807, 2.05) is 18.2 Å². The Morgan fingerprint density at radius 3 is 2.27 bits per heavy atom. The van der Waals surface area contributed by atoms with E-state index >= 15 is 0 Å². The molecule has 4 rings (SSSR count). The molecular formula is C24H20NO5. The molecule has 151 valence electrons. The van der Waals surface area contributed by atoms with Gasteiger partial charge in [-0.2, -0.15) is 0 Å². The van der Waals surface area contributed by atoms with Crippen molar-refractivity contribution in [3.8, 4) is 23.0 Å². The second-order valence-corrected chi connectivity index (χ2v) is 6.75. The molecule has 0 atom stereocenters. The van der Waals surface area contributed by atoms with Crippen molar-refractivity contribution in [2.45, 2.75) is 6.42 Å². The molecule has 30 heavy (non-hydrogen) atoms. The molecule has 0 N–H and O–H groups in total. The quantitative estimate of drug-likeness (QED) is 0.556. The predicted octanol–water partition coefficient (Wildman–Crippen LogP) is 4.13. The Kier molecular flexibility index (Phi) is 5.39. The van der Waals surface area contributed by atoms with Gasteiger partial charge in [-0.25, -0.2) is 0 Å². The van der Waals surface area contributed by atoms with Gasteiger partial charge in [0.15, 0.2) is 11.5 Å². The van der Waals surface area contributed by atoms with Crippen molar-refractivity contribution in [3.05, 3.63) is 83.4 Å². The Morgan fingerprint density at radius 2 is 1.53 bits per heavy atom. The highest BCUT2D eigenvalue weighted by atomic mass is 16.5. The number of rotatable bonds is 7. The van der Waals surface area contributed by atoms with Gasteiger partial charge >= 0.3 is 0 Å². The summed E-state index contributed by atoms with van der Waals surface area (Å²) in [6.45, 7) is 0.270. The normalized spacial score (nSPS) is 12.7. The fraction of sp³-hybridized carbons (Fsp3) is 0.167. The number of amides is 2. The van der Waals surface area contributed by atoms with Crippen LogP contribution in [0.15, 0.2) is 60.7 Å². The third-order valence-corrected chi connectivity index (χ3v) is 4.94. The van der Waals surface area contributed by atoms with E-state index in [9.17, 15) is 9.59 Å². The molecule has 3 aromatic rings. The van der Waals surface area contributed by atoms with Crippen molar-refractivity contribution in [3.63, 3.8) is 0 Å². The highest BCUT2D eigenvalue weighted by molar-refractivity contribution is 6.21. The largest absolute Gasteiger partial charge is 0.493 e. The van der Waals surface area contributed by atoms with Crippen molar-refractivity contribution >= 4 is 11.8 Å². The van der Waals surface area contributed by atoms with Crippen LogP contribution in [-0.2, 0) is 6.42 Å². The number of benzene rings is 3. The SMILES string of the molecule is COc1ccc(CCN2C(=O)c3ccc(Oc4cc[c]cc4)cc3C2=O)cc1OC. The Labute approximate surface area is 174 Å². The van der Waals surface area contributed by atoms with E-state index in [4.69, 9.17) is 14.2 Å². The second kappa shape index (κ2) is 8.29. The lowest BCUT2D eigenvalue weighted by atomic mass is 10.1. The number of methoxy groups -OCH3 is 2. The number of nitrogens with zero attached hydrogens (tertiary/aromatic N) is 1. The molecule has 1 aliphatic heterocycles. The Hall–Kier alpha value is -3.80. The number of carbonyl (C=O) groups excluding carboxylic acids is 2. The van der Waals surface area contributed by atoms with Crippen LogP contribution < -0.4 is 14.2 Å². The minimum absolute atomic E-state index is 0.270. The van der Waals surface area contributed by atoms with E-state index in [1.54, 1.807) is 56.7 Å². The van der Waals surface area contributed by atoms with Crippen LogP contribution in [0.2, 0.25) is 0 Å². The molecule has 3 aromatic carbocycles. The summed E-state index contributed by atoms with van der Waals surface area (Å²) < 4.78 is 16.3. The van der Waals surface area contributed by atoms with Crippen molar-refractivity contribution < 1.29 is 23.8 Å². The molecule has 1 heterocycles. The molecule has 0 saturated carbocycles. The first kappa shape index (κ1) is 19.5. The van der Waals surface area contributed by atoms with E-state index in [-0.39, 0.29) is 18.4 Å². The smallest absolute Gasteiger partial charge is 0.261 e. The minimum Gasteiger partial charge on any atom is -0.493 e. The minimum atomic E-state index is -0.317. The number of imide groups is 1. The topological polar surface area (TPSA) is 65.1 Å². The van der Waals surface area contributed by atoms with Gasteiger partial charge in [0, 0.05) is 6.54 Å². The van der Waals surface area contributed by atoms with Gasteiger partial charge < -0.3 is 14.2 Å². The third kappa shape index (κ3) is 3.72. The molecule has 0 aromatic heterocycles. The maximum absolute atomic E-state index is 12.9. The van der Waals surface area contributed by atoms with Crippen LogP contribution in [-0.4, -0.2) is 37.5 Å². The van der Waals surface area contributed by atoms with Crippen LogP contribution in [0.3, 0.4) is 0 Å². The van der Waals surface area contributed by atoms with Crippen LogP contribution in [0, 0.1) is 6.07 Å². The molecule has 0 fully saturated rings. The summed E-state index contributed by atoms with van der Waals surface area (Å²) in [5.41, 5.74) is 1.68. The predicted molar refractivity (Wildman–Crippen MR) is 110 cm³/mol. The fourth-order valence-corrected chi connectivity index (χ4v) is 3.39. The highest BCUT2D eigenvalue weighted by Gasteiger charge is 2.35. The first-order valence-corrected chi connectivity index (χ1v) is 9.46. The Balaban J connectivity index is 1.49. The number of fused-ring (bicyclic) bond motifs is 1. The van der Waals surface area contributed by atoms with Gasteiger partial charge in [-0.05, 0) is 60.5 Å². The zero-order valence-corrected chi connectivity index (χ0v) is 16.7. The Morgan fingerprint density at radius 1 is 0.800 bits per heavy atom. The van der Waals surface area contributed by atoms with E-state index in [1.165, 1.54) is 4.90 Å². The molecule has 0 unspecified atom stereocenters. The summed E-state index contributed by atoms with van der Waals surface area (Å²) in [4.78, 5) is 26.9. The van der Waals surface area contributed by atoms with E-state index in [2.05, 4.69) is 6.07 Å². The molecule has 6 heteroatoms. The fourth-order valence-electron chi connectivity index (χ4n) is 3.39. The van der Waals surface area contributed by atoms with Gasteiger partial charge in [0.1, 0.15) is 11.5 Å². The standard InChI is InChI=1S/C24H20NO5/c1-28-21-11-8-16(14-22(21)29-2)12-13-25-23(26)19-10-9-18(15-20(19)24(25)27)30-17-6-4-3-5-7-17/h4-11,14-15H,12-13H2,1-2H3. The number of hydrogen-bond acceptors (Lipinski definition) is 5. The number of hydrogen-bond donors (Lipinski definition) is 0. The third-order valence-electron chi connectivity index (χ3n) is 4.94. The molecule has 0 bridgehead atoms. The molecular weight excluding hydrogens is 382 g/mol. The Bertz CT molecular complexity index is 1090. The zero-order valence-electron chi connectivity index (χ0n) is 16.7. The first-order valence-electron chi connectivity index (χ1n) is 9.46. The molecule has 0 saturated heterocycles. The van der Waals surface area contributed by atoms with Gasteiger partial charge in [-0.15, -0.1) is 0 Å². The average molecular weight is 402 g/mol. The van der Waals surface area contributed by atoms with Crippen molar-refractivity contribution in [1.82, 2.24) is 4.90 Å². The van der Waals surface area contributed by atoms with Crippen molar-refractivity contribution in [2.75, 3.05) is 20.8 Å². The molecule has 6 nitrogen and oxygen atoms in total. The van der Waals surface area contributed by atoms with Crippen LogP contribution in [0.5, 0.6) is 23.0 Å². The maximum Gasteiger partial charge on any atom is 0.261 e. The summed E-state index contributed by atoms with van der Waals surface area (Å²) in [7, 11) is 3.14. The summed E-state index contributed by atoms with van der Waals surface area (Å²) >= 11 is 0. The lowest BCUT2D eigenvalue weighted by Gasteiger charge is -2.14. The average Bonchev–Trinajstić information content (AvgIpc) is 3.02. The zero-order chi connectivity index (χ0) is 21.1. The van der Waals surface area contributed by atoms with Gasteiger partial charge in [0.2, 0.25) is 0 Å². The van der Waals surface area contributed by atoms with Crippen LogP contribution in [0.1, 0.15) is 26.3 Å². The van der Waals surface area contributed by atoms with Crippen LogP contribution in [0.4, 0.5) is 0 Å². The summed E-state index contributed by atoms with van der Waals surface area (Å²) in [6, 6.07) is 20.4.